The maximum absolute atomic E-state index is 12.4. The third kappa shape index (κ3) is 3.62. The van der Waals surface area contributed by atoms with E-state index in [1.54, 1.807) is 17.1 Å². The number of carbonyl (C=O) groups is 2. The lowest BCUT2D eigenvalue weighted by Crippen LogP contribution is -2.55. The van der Waals surface area contributed by atoms with Gasteiger partial charge in [-0.2, -0.15) is 0 Å². The fourth-order valence-electron chi connectivity index (χ4n) is 4.08. The Morgan fingerprint density at radius 3 is 2.69 bits per heavy atom. The van der Waals surface area contributed by atoms with Crippen LogP contribution in [0.15, 0.2) is 35.3 Å². The third-order valence-electron chi connectivity index (χ3n) is 5.59. The number of amides is 2. The molecule has 136 valence electrons. The van der Waals surface area contributed by atoms with Crippen LogP contribution < -0.4 is 5.32 Å². The normalized spacial score (nSPS) is 19.2. The molecule has 2 amide bonds. The number of hydrogen-bond donors (Lipinski definition) is 1. The van der Waals surface area contributed by atoms with Gasteiger partial charge in [-0.25, -0.2) is 4.98 Å². The first-order valence-corrected chi connectivity index (χ1v) is 9.95. The maximum Gasteiger partial charge on any atom is 0.270 e. The van der Waals surface area contributed by atoms with E-state index in [0.29, 0.717) is 17.5 Å². The van der Waals surface area contributed by atoms with Gasteiger partial charge < -0.3 is 10.2 Å². The summed E-state index contributed by atoms with van der Waals surface area (Å²) < 4.78 is 0. The number of aromatic nitrogens is 2. The van der Waals surface area contributed by atoms with Gasteiger partial charge in [-0.1, -0.05) is 6.07 Å². The van der Waals surface area contributed by atoms with Gasteiger partial charge in [-0.05, 0) is 43.2 Å². The van der Waals surface area contributed by atoms with Gasteiger partial charge in [0, 0.05) is 36.4 Å². The van der Waals surface area contributed by atoms with E-state index in [-0.39, 0.29) is 17.9 Å². The van der Waals surface area contributed by atoms with Crippen molar-refractivity contribution in [2.75, 3.05) is 13.1 Å². The minimum absolute atomic E-state index is 0.0749. The van der Waals surface area contributed by atoms with Crippen LogP contribution in [0.25, 0.3) is 0 Å². The van der Waals surface area contributed by atoms with Gasteiger partial charge in [0.05, 0.1) is 11.9 Å². The number of nitrogens with one attached hydrogen (secondary N) is 1. The topological polar surface area (TPSA) is 75.2 Å². The Morgan fingerprint density at radius 2 is 2.04 bits per heavy atom. The molecule has 0 bridgehead atoms. The highest BCUT2D eigenvalue weighted by Gasteiger charge is 2.46. The molecule has 0 aromatic carbocycles. The summed E-state index contributed by atoms with van der Waals surface area (Å²) in [7, 11) is 0. The molecular formula is C19H22N4O2S. The van der Waals surface area contributed by atoms with Crippen LogP contribution >= 0.6 is 11.3 Å². The Bertz CT molecular complexity index is 762. The number of thiazole rings is 1. The molecule has 4 rings (SSSR count). The smallest absolute Gasteiger partial charge is 0.270 e. The van der Waals surface area contributed by atoms with Crippen LogP contribution in [-0.2, 0) is 11.2 Å². The minimum atomic E-state index is -0.0749. The number of likely N-dealkylation sites (tertiary alicyclic amines) is 1. The van der Waals surface area contributed by atoms with Crippen LogP contribution in [0.1, 0.15) is 41.9 Å². The first-order chi connectivity index (χ1) is 12.6. The van der Waals surface area contributed by atoms with E-state index in [1.807, 2.05) is 23.1 Å². The van der Waals surface area contributed by atoms with Gasteiger partial charge in [0.2, 0.25) is 5.91 Å². The Hall–Kier alpha value is -2.28. The summed E-state index contributed by atoms with van der Waals surface area (Å²) in [5, 5.41) is 4.85. The van der Waals surface area contributed by atoms with Gasteiger partial charge in [0.15, 0.2) is 0 Å². The van der Waals surface area contributed by atoms with Crippen molar-refractivity contribution >= 4 is 23.2 Å². The average Bonchev–Trinajstić information content (AvgIpc) is 3.16. The summed E-state index contributed by atoms with van der Waals surface area (Å²) in [5.41, 5.74) is 3.30. The van der Waals surface area contributed by atoms with Crippen molar-refractivity contribution in [3.63, 3.8) is 0 Å². The second-order valence-corrected chi connectivity index (χ2v) is 8.05. The summed E-state index contributed by atoms with van der Waals surface area (Å²) >= 11 is 1.43. The van der Waals surface area contributed by atoms with Gasteiger partial charge >= 0.3 is 0 Å². The summed E-state index contributed by atoms with van der Waals surface area (Å²) in [6.45, 7) is 1.61. The van der Waals surface area contributed by atoms with Gasteiger partial charge in [-0.3, -0.25) is 14.6 Å². The molecule has 1 saturated carbocycles. The highest BCUT2D eigenvalue weighted by Crippen LogP contribution is 2.49. The van der Waals surface area contributed by atoms with Crippen LogP contribution in [0.3, 0.4) is 0 Å². The zero-order valence-electron chi connectivity index (χ0n) is 14.6. The predicted molar refractivity (Wildman–Crippen MR) is 98.8 cm³/mol. The van der Waals surface area contributed by atoms with Crippen molar-refractivity contribution in [3.05, 3.63) is 46.7 Å². The van der Waals surface area contributed by atoms with Gasteiger partial charge in [-0.15, -0.1) is 11.3 Å². The number of pyridine rings is 1. The zero-order chi connectivity index (χ0) is 18.0. The molecule has 0 atom stereocenters. The van der Waals surface area contributed by atoms with E-state index in [9.17, 15) is 9.59 Å². The maximum atomic E-state index is 12.4. The van der Waals surface area contributed by atoms with E-state index >= 15 is 0 Å². The van der Waals surface area contributed by atoms with Crippen molar-refractivity contribution < 1.29 is 9.59 Å². The van der Waals surface area contributed by atoms with Crippen molar-refractivity contribution in [1.82, 2.24) is 20.2 Å². The first-order valence-electron chi connectivity index (χ1n) is 9.00. The van der Waals surface area contributed by atoms with Crippen LogP contribution in [0.4, 0.5) is 0 Å². The predicted octanol–water partition coefficient (Wildman–Crippen LogP) is 2.28. The summed E-state index contributed by atoms with van der Waals surface area (Å²) in [6.07, 6.45) is 6.15. The van der Waals surface area contributed by atoms with Crippen molar-refractivity contribution in [2.45, 2.75) is 38.1 Å². The summed E-state index contributed by atoms with van der Waals surface area (Å²) in [5.74, 6) is 0.0836. The lowest BCUT2D eigenvalue weighted by atomic mass is 9.60. The molecule has 1 aliphatic heterocycles. The Balaban J connectivity index is 1.23. The lowest BCUT2D eigenvalue weighted by molar-refractivity contribution is -0.134. The van der Waals surface area contributed by atoms with Crippen molar-refractivity contribution in [3.8, 4) is 0 Å². The number of carbonyl (C=O) groups excluding carboxylic acids is 2. The molecule has 0 radical (unpaired) electrons. The third-order valence-corrected chi connectivity index (χ3v) is 6.18. The molecule has 26 heavy (non-hydrogen) atoms. The molecule has 6 nitrogen and oxygen atoms in total. The standard InChI is InChI=1S/C19H22N4O2S/c24-17(9-14-3-1-2-6-20-14)23-7-4-19(5-8-23)10-15(11-19)22-18(25)16-12-26-13-21-16/h1-3,6,12-13,15H,4-5,7-11H2,(H,22,25). The molecular weight excluding hydrogens is 348 g/mol. The number of rotatable bonds is 4. The van der Waals surface area contributed by atoms with Crippen molar-refractivity contribution in [1.29, 1.82) is 0 Å². The first kappa shape index (κ1) is 17.1. The van der Waals surface area contributed by atoms with Crippen molar-refractivity contribution in [2.24, 2.45) is 5.41 Å². The molecule has 2 fully saturated rings. The zero-order valence-corrected chi connectivity index (χ0v) is 15.4. The Kier molecular flexibility index (Phi) is 4.72. The SMILES string of the molecule is O=C(NC1CC2(CCN(C(=O)Cc3ccccn3)CC2)C1)c1cscn1. The van der Waals surface area contributed by atoms with E-state index in [2.05, 4.69) is 15.3 Å². The Labute approximate surface area is 156 Å². The molecule has 0 unspecified atom stereocenters. The van der Waals surface area contributed by atoms with E-state index in [0.717, 1.165) is 44.5 Å². The second kappa shape index (κ2) is 7.15. The molecule has 2 aliphatic rings. The molecule has 1 N–H and O–H groups in total. The van der Waals surface area contributed by atoms with Crippen LogP contribution in [0.5, 0.6) is 0 Å². The van der Waals surface area contributed by atoms with Crippen LogP contribution in [-0.4, -0.2) is 45.8 Å². The summed E-state index contributed by atoms with van der Waals surface area (Å²) in [6, 6.07) is 5.90. The highest BCUT2D eigenvalue weighted by atomic mass is 32.1. The van der Waals surface area contributed by atoms with Gasteiger partial charge in [0.1, 0.15) is 5.69 Å². The number of nitrogens with zero attached hydrogens (tertiary/aromatic N) is 3. The quantitative estimate of drug-likeness (QED) is 0.896. The second-order valence-electron chi connectivity index (χ2n) is 7.33. The monoisotopic (exact) mass is 370 g/mol. The van der Waals surface area contributed by atoms with E-state index in [1.165, 1.54) is 11.3 Å². The fourth-order valence-corrected chi connectivity index (χ4v) is 4.61. The molecule has 3 heterocycles. The largest absolute Gasteiger partial charge is 0.348 e. The van der Waals surface area contributed by atoms with Gasteiger partial charge in [0.25, 0.3) is 5.91 Å². The molecule has 1 spiro atoms. The number of hydrogen-bond acceptors (Lipinski definition) is 5. The molecule has 2 aromatic rings. The lowest BCUT2D eigenvalue weighted by Gasteiger charge is -2.52. The molecule has 7 heteroatoms. The van der Waals surface area contributed by atoms with Crippen LogP contribution in [0, 0.1) is 5.41 Å². The summed E-state index contributed by atoms with van der Waals surface area (Å²) in [4.78, 5) is 34.8. The van der Waals surface area contributed by atoms with E-state index in [4.69, 9.17) is 0 Å². The molecule has 1 saturated heterocycles. The average molecular weight is 370 g/mol. The fraction of sp³-hybridized carbons (Fsp3) is 0.474. The number of piperidine rings is 1. The van der Waals surface area contributed by atoms with Crippen LogP contribution in [0.2, 0.25) is 0 Å². The minimum Gasteiger partial charge on any atom is -0.348 e. The highest BCUT2D eigenvalue weighted by molar-refractivity contribution is 7.07. The molecule has 1 aliphatic carbocycles. The Morgan fingerprint density at radius 1 is 1.23 bits per heavy atom. The molecule has 2 aromatic heterocycles. The van der Waals surface area contributed by atoms with E-state index < -0.39 is 0 Å².